The quantitative estimate of drug-likeness (QED) is 0.760. The van der Waals surface area contributed by atoms with Gasteiger partial charge in [-0.2, -0.15) is 0 Å². The van der Waals surface area contributed by atoms with Crippen LogP contribution < -0.4 is 10.5 Å². The Kier molecular flexibility index (Phi) is 4.37. The first-order valence-electron chi connectivity index (χ1n) is 5.93. The van der Waals surface area contributed by atoms with Crippen molar-refractivity contribution in [2.45, 2.75) is 33.1 Å². The summed E-state index contributed by atoms with van der Waals surface area (Å²) >= 11 is 0. The fraction of sp³-hybridized carbons (Fsp3) is 1.00. The summed E-state index contributed by atoms with van der Waals surface area (Å²) in [6.07, 6.45) is 4.29. The molecule has 0 spiro atoms. The average Bonchev–Trinajstić information content (AvgIpc) is 2.41. The predicted octanol–water partition coefficient (Wildman–Crippen LogP) is 0.937. The topological polar surface area (TPSA) is 72.2 Å². The normalized spacial score (nSPS) is 29.5. The van der Waals surface area contributed by atoms with Crippen molar-refractivity contribution in [2.75, 3.05) is 19.3 Å². The molecule has 0 saturated heterocycles. The highest BCUT2D eigenvalue weighted by Gasteiger charge is 2.40. The molecule has 2 atom stereocenters. The third-order valence-corrected chi connectivity index (χ3v) is 4.66. The van der Waals surface area contributed by atoms with E-state index in [0.29, 0.717) is 24.9 Å². The van der Waals surface area contributed by atoms with Crippen LogP contribution >= 0.6 is 0 Å². The Balaban J connectivity index is 2.50. The highest BCUT2D eigenvalue weighted by atomic mass is 32.2. The molecular formula is C11H24N2O2S. The van der Waals surface area contributed by atoms with Crippen LogP contribution in [0.5, 0.6) is 0 Å². The summed E-state index contributed by atoms with van der Waals surface area (Å²) in [4.78, 5) is 0. The van der Waals surface area contributed by atoms with Gasteiger partial charge in [-0.15, -0.1) is 0 Å². The van der Waals surface area contributed by atoms with E-state index >= 15 is 0 Å². The van der Waals surface area contributed by atoms with E-state index in [1.54, 1.807) is 0 Å². The summed E-state index contributed by atoms with van der Waals surface area (Å²) in [5.74, 6) is 1.39. The van der Waals surface area contributed by atoms with Gasteiger partial charge >= 0.3 is 0 Å². The molecule has 0 aromatic rings. The first-order valence-corrected chi connectivity index (χ1v) is 7.82. The molecule has 0 bridgehead atoms. The lowest BCUT2D eigenvalue weighted by atomic mass is 9.82. The van der Waals surface area contributed by atoms with Crippen LogP contribution in [-0.2, 0) is 10.0 Å². The van der Waals surface area contributed by atoms with E-state index in [-0.39, 0.29) is 5.41 Å². The molecule has 96 valence electrons. The van der Waals surface area contributed by atoms with Gasteiger partial charge in [0, 0.05) is 6.54 Å². The van der Waals surface area contributed by atoms with Gasteiger partial charge in [-0.1, -0.05) is 13.8 Å². The zero-order valence-electron chi connectivity index (χ0n) is 10.5. The second-order valence-corrected chi connectivity index (χ2v) is 7.32. The molecule has 1 fully saturated rings. The van der Waals surface area contributed by atoms with Gasteiger partial charge in [-0.3, -0.25) is 0 Å². The molecule has 0 heterocycles. The van der Waals surface area contributed by atoms with Crippen LogP contribution in [0, 0.1) is 17.3 Å². The van der Waals surface area contributed by atoms with E-state index < -0.39 is 10.0 Å². The molecule has 0 unspecified atom stereocenters. The van der Waals surface area contributed by atoms with Crippen LogP contribution in [-0.4, -0.2) is 27.8 Å². The minimum atomic E-state index is -3.07. The monoisotopic (exact) mass is 248 g/mol. The minimum Gasteiger partial charge on any atom is -0.330 e. The fourth-order valence-electron chi connectivity index (χ4n) is 2.83. The lowest BCUT2D eigenvalue weighted by molar-refractivity contribution is 0.271. The van der Waals surface area contributed by atoms with Crippen molar-refractivity contribution in [1.29, 1.82) is 0 Å². The van der Waals surface area contributed by atoms with Gasteiger partial charge in [0.1, 0.15) is 0 Å². The van der Waals surface area contributed by atoms with Crippen molar-refractivity contribution in [3.8, 4) is 0 Å². The number of nitrogens with two attached hydrogens (primary N) is 1. The smallest absolute Gasteiger partial charge is 0.208 e. The molecule has 4 nitrogen and oxygen atoms in total. The highest BCUT2D eigenvalue weighted by Crippen LogP contribution is 2.46. The highest BCUT2D eigenvalue weighted by molar-refractivity contribution is 7.88. The van der Waals surface area contributed by atoms with Gasteiger partial charge in [-0.05, 0) is 43.1 Å². The Morgan fingerprint density at radius 3 is 2.19 bits per heavy atom. The molecule has 3 N–H and O–H groups in total. The second-order valence-electron chi connectivity index (χ2n) is 5.48. The molecule has 0 aromatic carbocycles. The number of sulfonamides is 1. The van der Waals surface area contributed by atoms with E-state index in [9.17, 15) is 8.42 Å². The molecular weight excluding hydrogens is 224 g/mol. The molecule has 16 heavy (non-hydrogen) atoms. The maximum atomic E-state index is 11.0. The molecule has 1 aliphatic rings. The summed E-state index contributed by atoms with van der Waals surface area (Å²) in [6.45, 7) is 5.68. The Morgan fingerprint density at radius 2 is 1.81 bits per heavy atom. The van der Waals surface area contributed by atoms with Crippen LogP contribution in [0.4, 0.5) is 0 Å². The maximum Gasteiger partial charge on any atom is 0.208 e. The van der Waals surface area contributed by atoms with Crippen molar-refractivity contribution in [3.63, 3.8) is 0 Å². The lowest BCUT2D eigenvalue weighted by Crippen LogP contribution is -2.33. The van der Waals surface area contributed by atoms with E-state index in [4.69, 9.17) is 5.73 Å². The van der Waals surface area contributed by atoms with Crippen molar-refractivity contribution in [2.24, 2.45) is 23.0 Å². The van der Waals surface area contributed by atoms with Gasteiger partial charge < -0.3 is 5.73 Å². The number of rotatable bonds is 5. The lowest BCUT2D eigenvalue weighted by Gasteiger charge is -2.27. The van der Waals surface area contributed by atoms with Crippen LogP contribution in [0.25, 0.3) is 0 Å². The van der Waals surface area contributed by atoms with E-state index in [1.165, 1.54) is 6.26 Å². The maximum absolute atomic E-state index is 11.0. The summed E-state index contributed by atoms with van der Waals surface area (Å²) in [5, 5.41) is 0. The van der Waals surface area contributed by atoms with E-state index in [1.807, 2.05) is 0 Å². The molecule has 0 aromatic heterocycles. The first kappa shape index (κ1) is 13.9. The van der Waals surface area contributed by atoms with E-state index in [2.05, 4.69) is 18.6 Å². The molecule has 5 heteroatoms. The van der Waals surface area contributed by atoms with Gasteiger partial charge in [0.15, 0.2) is 0 Å². The summed E-state index contributed by atoms with van der Waals surface area (Å²) in [5.41, 5.74) is 6.02. The second kappa shape index (κ2) is 5.02. The van der Waals surface area contributed by atoms with Crippen molar-refractivity contribution >= 4 is 10.0 Å². The predicted molar refractivity (Wildman–Crippen MR) is 66.5 cm³/mol. The SMILES string of the molecule is C[C@H]1CC(CN)(CCNS(C)(=O)=O)C[C@@H]1C. The Bertz CT molecular complexity index is 317. The van der Waals surface area contributed by atoms with Crippen LogP contribution in [0.15, 0.2) is 0 Å². The minimum absolute atomic E-state index is 0.149. The van der Waals surface area contributed by atoms with Gasteiger partial charge in [0.05, 0.1) is 6.26 Å². The van der Waals surface area contributed by atoms with Gasteiger partial charge in [0.2, 0.25) is 10.0 Å². The number of hydrogen-bond acceptors (Lipinski definition) is 3. The third-order valence-electron chi connectivity index (χ3n) is 3.93. The standard InChI is InChI=1S/C11H24N2O2S/c1-9-6-11(8-12,7-10(9)2)4-5-13-16(3,14)15/h9-10,13H,4-8,12H2,1-3H3/t9-,10-/m0/s1. The van der Waals surface area contributed by atoms with Gasteiger partial charge in [0.25, 0.3) is 0 Å². The Hall–Kier alpha value is -0.130. The summed E-state index contributed by atoms with van der Waals surface area (Å²) in [6, 6.07) is 0. The van der Waals surface area contributed by atoms with Crippen LogP contribution in [0.1, 0.15) is 33.1 Å². The third kappa shape index (κ3) is 3.71. The number of nitrogens with one attached hydrogen (secondary N) is 1. The Labute approximate surface area is 99.0 Å². The molecule has 1 saturated carbocycles. The number of hydrogen-bond donors (Lipinski definition) is 2. The summed E-state index contributed by atoms with van der Waals surface area (Å²) < 4.78 is 24.5. The largest absolute Gasteiger partial charge is 0.330 e. The fourth-order valence-corrected chi connectivity index (χ4v) is 3.30. The van der Waals surface area contributed by atoms with Gasteiger partial charge in [-0.25, -0.2) is 13.1 Å². The first-order chi connectivity index (χ1) is 7.28. The van der Waals surface area contributed by atoms with Crippen LogP contribution in [0.3, 0.4) is 0 Å². The molecule has 1 rings (SSSR count). The van der Waals surface area contributed by atoms with Crippen LogP contribution in [0.2, 0.25) is 0 Å². The van der Waals surface area contributed by atoms with Crippen molar-refractivity contribution in [1.82, 2.24) is 4.72 Å². The van der Waals surface area contributed by atoms with E-state index in [0.717, 1.165) is 19.3 Å². The Morgan fingerprint density at radius 1 is 1.31 bits per heavy atom. The molecule has 0 radical (unpaired) electrons. The molecule has 0 aliphatic heterocycles. The zero-order chi connectivity index (χ0) is 12.4. The van der Waals surface area contributed by atoms with Crippen molar-refractivity contribution in [3.05, 3.63) is 0 Å². The molecule has 1 aliphatic carbocycles. The average molecular weight is 248 g/mol. The molecule has 0 amide bonds. The zero-order valence-corrected chi connectivity index (χ0v) is 11.3. The van der Waals surface area contributed by atoms with Crippen molar-refractivity contribution < 1.29 is 8.42 Å². The summed E-state index contributed by atoms with van der Waals surface area (Å²) in [7, 11) is -3.07.